The van der Waals surface area contributed by atoms with Crippen LogP contribution in [0.4, 0.5) is 0 Å². The molecule has 1 saturated heterocycles. The van der Waals surface area contributed by atoms with Crippen molar-refractivity contribution in [1.29, 1.82) is 0 Å². The number of piperazine rings is 1. The zero-order valence-corrected chi connectivity index (χ0v) is 12.6. The number of thiazole rings is 1. The largest absolute Gasteiger partial charge is 0.326 e. The molecule has 0 aromatic carbocycles. The molecule has 1 atom stereocenters. The van der Waals surface area contributed by atoms with Gasteiger partial charge in [-0.25, -0.2) is 4.98 Å². The molecule has 4 nitrogen and oxygen atoms in total. The molecule has 2 N–H and O–H groups in total. The number of nitrogens with zero attached hydrogens (tertiary/aromatic N) is 3. The van der Waals surface area contributed by atoms with E-state index in [1.54, 1.807) is 11.3 Å². The molecule has 102 valence electrons. The molecule has 1 aliphatic rings. The second kappa shape index (κ2) is 5.65. The molecular weight excluding hydrogens is 244 g/mol. The van der Waals surface area contributed by atoms with E-state index >= 15 is 0 Å². The van der Waals surface area contributed by atoms with Crippen molar-refractivity contribution >= 4 is 11.3 Å². The minimum atomic E-state index is 0.423. The highest BCUT2D eigenvalue weighted by molar-refractivity contribution is 7.11. The molecule has 0 saturated carbocycles. The molecule has 18 heavy (non-hydrogen) atoms. The van der Waals surface area contributed by atoms with Gasteiger partial charge < -0.3 is 10.6 Å². The van der Waals surface area contributed by atoms with Crippen molar-refractivity contribution in [2.75, 3.05) is 33.7 Å². The molecule has 2 heterocycles. The number of aromatic nitrogens is 1. The van der Waals surface area contributed by atoms with Gasteiger partial charge in [-0.2, -0.15) is 0 Å². The zero-order chi connectivity index (χ0) is 13.3. The topological polar surface area (TPSA) is 45.4 Å². The Bertz CT molecular complexity index is 402. The van der Waals surface area contributed by atoms with Crippen molar-refractivity contribution in [3.05, 3.63) is 15.6 Å². The average molecular weight is 268 g/mol. The molecule has 1 aromatic heterocycles. The first kappa shape index (κ1) is 13.9. The van der Waals surface area contributed by atoms with Crippen LogP contribution in [0, 0.1) is 0 Å². The third-order valence-electron chi connectivity index (χ3n) is 3.61. The fourth-order valence-corrected chi connectivity index (χ4v) is 3.66. The summed E-state index contributed by atoms with van der Waals surface area (Å²) in [6.07, 6.45) is 0. The van der Waals surface area contributed by atoms with E-state index < -0.39 is 0 Å². The summed E-state index contributed by atoms with van der Waals surface area (Å²) in [6.45, 7) is 8.29. The number of nitrogens with two attached hydrogens (primary N) is 1. The predicted octanol–water partition coefficient (Wildman–Crippen LogP) is 1.64. The molecule has 2 rings (SSSR count). The van der Waals surface area contributed by atoms with Crippen molar-refractivity contribution in [2.45, 2.75) is 32.4 Å². The van der Waals surface area contributed by atoms with E-state index in [1.165, 1.54) is 15.6 Å². The normalized spacial score (nSPS) is 22.9. The number of hydrogen-bond acceptors (Lipinski definition) is 5. The van der Waals surface area contributed by atoms with Gasteiger partial charge in [0.25, 0.3) is 0 Å². The molecule has 1 fully saturated rings. The lowest BCUT2D eigenvalue weighted by atomic mass is 10.1. The van der Waals surface area contributed by atoms with Crippen LogP contribution >= 0.6 is 11.3 Å². The number of likely N-dealkylation sites (N-methyl/N-ethyl adjacent to an activating group) is 2. The highest BCUT2D eigenvalue weighted by Crippen LogP contribution is 2.32. The summed E-state index contributed by atoms with van der Waals surface area (Å²) in [6, 6.07) is 0.423. The van der Waals surface area contributed by atoms with Gasteiger partial charge in [-0.1, -0.05) is 13.8 Å². The van der Waals surface area contributed by atoms with Crippen molar-refractivity contribution in [2.24, 2.45) is 5.73 Å². The van der Waals surface area contributed by atoms with Crippen LogP contribution < -0.4 is 5.73 Å². The summed E-state index contributed by atoms with van der Waals surface area (Å²) in [4.78, 5) is 10.9. The van der Waals surface area contributed by atoms with E-state index in [0.29, 0.717) is 18.5 Å². The van der Waals surface area contributed by atoms with Gasteiger partial charge >= 0.3 is 0 Å². The Morgan fingerprint density at radius 3 is 2.67 bits per heavy atom. The number of rotatable bonds is 3. The smallest absolute Gasteiger partial charge is 0.112 e. The monoisotopic (exact) mass is 268 g/mol. The first-order chi connectivity index (χ1) is 8.52. The van der Waals surface area contributed by atoms with Crippen LogP contribution in [0.15, 0.2) is 0 Å². The minimum absolute atomic E-state index is 0.423. The summed E-state index contributed by atoms with van der Waals surface area (Å²) in [7, 11) is 4.37. The van der Waals surface area contributed by atoms with Crippen molar-refractivity contribution in [3.63, 3.8) is 0 Å². The quantitative estimate of drug-likeness (QED) is 0.905. The molecule has 0 amide bonds. The third-order valence-corrected chi connectivity index (χ3v) is 4.81. The van der Waals surface area contributed by atoms with Crippen molar-refractivity contribution in [1.82, 2.24) is 14.8 Å². The van der Waals surface area contributed by atoms with E-state index in [2.05, 4.69) is 37.7 Å². The fourth-order valence-electron chi connectivity index (χ4n) is 2.40. The molecule has 0 spiro atoms. The molecule has 5 heteroatoms. The van der Waals surface area contributed by atoms with Crippen LogP contribution in [0.1, 0.15) is 41.4 Å². The summed E-state index contributed by atoms with van der Waals surface area (Å²) < 4.78 is 0. The van der Waals surface area contributed by atoms with E-state index in [1.807, 2.05) is 0 Å². The van der Waals surface area contributed by atoms with E-state index in [-0.39, 0.29) is 0 Å². The summed E-state index contributed by atoms with van der Waals surface area (Å²) in [5.74, 6) is 0.458. The SMILES string of the molecule is CC(C)c1nc(C2CN(C)CCN2C)sc1CN. The Kier molecular flexibility index (Phi) is 4.37. The van der Waals surface area contributed by atoms with Gasteiger partial charge in [-0.15, -0.1) is 11.3 Å². The summed E-state index contributed by atoms with van der Waals surface area (Å²) >= 11 is 1.80. The van der Waals surface area contributed by atoms with Crippen molar-refractivity contribution in [3.8, 4) is 0 Å². The van der Waals surface area contributed by atoms with E-state index in [4.69, 9.17) is 10.7 Å². The van der Waals surface area contributed by atoms with Crippen LogP contribution in [0.3, 0.4) is 0 Å². The molecule has 0 radical (unpaired) electrons. The van der Waals surface area contributed by atoms with Crippen LogP contribution in [0.2, 0.25) is 0 Å². The lowest BCUT2D eigenvalue weighted by Crippen LogP contribution is -2.44. The molecule has 1 unspecified atom stereocenters. The van der Waals surface area contributed by atoms with Crippen LogP contribution in [0.25, 0.3) is 0 Å². The van der Waals surface area contributed by atoms with Crippen LogP contribution in [-0.4, -0.2) is 48.5 Å². The van der Waals surface area contributed by atoms with Crippen molar-refractivity contribution < 1.29 is 0 Å². The lowest BCUT2D eigenvalue weighted by Gasteiger charge is -2.36. The molecule has 0 aliphatic carbocycles. The van der Waals surface area contributed by atoms with E-state index in [0.717, 1.165) is 19.6 Å². The Hall–Kier alpha value is -0.490. The van der Waals surface area contributed by atoms with Gasteiger partial charge in [0, 0.05) is 31.1 Å². The van der Waals surface area contributed by atoms with Gasteiger partial charge in [0.15, 0.2) is 0 Å². The van der Waals surface area contributed by atoms with Crippen LogP contribution in [0.5, 0.6) is 0 Å². The minimum Gasteiger partial charge on any atom is -0.326 e. The fraction of sp³-hybridized carbons (Fsp3) is 0.769. The van der Waals surface area contributed by atoms with Gasteiger partial charge in [0.2, 0.25) is 0 Å². The highest BCUT2D eigenvalue weighted by atomic mass is 32.1. The first-order valence-electron chi connectivity index (χ1n) is 6.61. The Balaban J connectivity index is 2.27. The summed E-state index contributed by atoms with van der Waals surface area (Å²) in [5.41, 5.74) is 7.03. The molecule has 0 bridgehead atoms. The van der Waals surface area contributed by atoms with Gasteiger partial charge in [-0.05, 0) is 20.0 Å². The average Bonchev–Trinajstić information content (AvgIpc) is 2.76. The Morgan fingerprint density at radius 2 is 2.11 bits per heavy atom. The molecular formula is C13H24N4S. The second-order valence-electron chi connectivity index (χ2n) is 5.48. The Morgan fingerprint density at radius 1 is 1.39 bits per heavy atom. The second-order valence-corrected chi connectivity index (χ2v) is 6.59. The van der Waals surface area contributed by atoms with Gasteiger partial charge in [0.05, 0.1) is 11.7 Å². The predicted molar refractivity (Wildman–Crippen MR) is 77.0 cm³/mol. The standard InChI is InChI=1S/C13H24N4S/c1-9(2)12-11(7-14)18-13(15-12)10-8-16(3)5-6-17(10)4/h9-10H,5-8,14H2,1-4H3. The first-order valence-corrected chi connectivity index (χ1v) is 7.43. The maximum atomic E-state index is 5.84. The summed E-state index contributed by atoms with van der Waals surface area (Å²) in [5, 5.41) is 1.23. The highest BCUT2D eigenvalue weighted by Gasteiger charge is 2.27. The zero-order valence-electron chi connectivity index (χ0n) is 11.8. The molecule has 1 aliphatic heterocycles. The van der Waals surface area contributed by atoms with Gasteiger partial charge in [-0.3, -0.25) is 4.90 Å². The lowest BCUT2D eigenvalue weighted by molar-refractivity contribution is 0.115. The third kappa shape index (κ3) is 2.74. The van der Waals surface area contributed by atoms with E-state index in [9.17, 15) is 0 Å². The Labute approximate surface area is 114 Å². The van der Waals surface area contributed by atoms with Crippen LogP contribution in [-0.2, 0) is 6.54 Å². The maximum absolute atomic E-state index is 5.84. The van der Waals surface area contributed by atoms with Gasteiger partial charge in [0.1, 0.15) is 5.01 Å². The molecule has 1 aromatic rings. The maximum Gasteiger partial charge on any atom is 0.112 e. The number of hydrogen-bond donors (Lipinski definition) is 1.